The van der Waals surface area contributed by atoms with Crippen molar-refractivity contribution in [2.75, 3.05) is 38.0 Å². The maximum atomic E-state index is 14.9. The number of piperidine rings is 1. The number of carboxylic acid groups (broad SMARTS) is 3. The molecule has 3 aromatic carbocycles. The lowest BCUT2D eigenvalue weighted by Gasteiger charge is -2.39. The number of phenols is 2. The predicted molar refractivity (Wildman–Crippen MR) is 393 cm³/mol. The van der Waals surface area contributed by atoms with Crippen LogP contribution in [-0.4, -0.2) is 244 Å². The van der Waals surface area contributed by atoms with E-state index in [4.69, 9.17) is 36.7 Å². The fourth-order valence-electron chi connectivity index (χ4n) is 14.8. The zero-order chi connectivity index (χ0) is 80.8. The number of carboxylic acids is 3. The van der Waals surface area contributed by atoms with Crippen LogP contribution in [0.1, 0.15) is 156 Å². The van der Waals surface area contributed by atoms with Crippen molar-refractivity contribution in [3.63, 3.8) is 0 Å². The number of likely N-dealkylation sites (tertiary alicyclic amines) is 4. The second kappa shape index (κ2) is 36.7. The molecule has 0 saturated carbocycles. The van der Waals surface area contributed by atoms with Crippen LogP contribution in [0.3, 0.4) is 0 Å². The van der Waals surface area contributed by atoms with Crippen LogP contribution < -0.4 is 47.7 Å². The maximum Gasteiger partial charge on any atom is 0.340 e. The van der Waals surface area contributed by atoms with Gasteiger partial charge < -0.3 is 112 Å². The van der Waals surface area contributed by atoms with Crippen molar-refractivity contribution in [2.24, 2.45) is 10.9 Å². The molecule has 600 valence electrons. The number of nitrogens with two attached hydrogens (primary N) is 1. The Morgan fingerprint density at radius 1 is 0.643 bits per heavy atom. The number of aliphatic hydroxyl groups is 1. The number of amides is 10. The number of ether oxygens (including phenoxy) is 2. The molecule has 0 aliphatic carbocycles. The highest BCUT2D eigenvalue weighted by Crippen LogP contribution is 2.57. The van der Waals surface area contributed by atoms with Gasteiger partial charge in [0.25, 0.3) is 0 Å². The second-order valence-corrected chi connectivity index (χ2v) is 28.6. The number of hydrogen-bond acceptors (Lipinski definition) is 23. The van der Waals surface area contributed by atoms with Gasteiger partial charge >= 0.3 is 23.9 Å². The third-order valence-electron chi connectivity index (χ3n) is 20.4. The second-order valence-electron chi connectivity index (χ2n) is 28.2. The van der Waals surface area contributed by atoms with Crippen molar-refractivity contribution in [1.82, 2.24) is 51.5 Å². The van der Waals surface area contributed by atoms with E-state index in [0.29, 0.717) is 66.6 Å². The molecule has 4 aromatic rings. The lowest BCUT2D eigenvalue weighted by molar-refractivity contribution is -0.151. The smallest absolute Gasteiger partial charge is 0.340 e. The molecular weight excluding hydrogens is 1490 g/mol. The Hall–Kier alpha value is -12.0. The molecular formula is C74H89N13O24S. The molecule has 7 heterocycles. The normalized spacial score (nSPS) is 20.2. The minimum Gasteiger partial charge on any atom is -0.508 e. The number of esters is 1. The Morgan fingerprint density at radius 3 is 1.87 bits per heavy atom. The number of carbonyl (C=O) groups excluding carboxylic acids is 11. The number of oxime groups is 1. The van der Waals surface area contributed by atoms with Crippen LogP contribution in [0.25, 0.3) is 0 Å². The highest BCUT2D eigenvalue weighted by molar-refractivity contribution is 7.80. The molecule has 11 atom stereocenters. The van der Waals surface area contributed by atoms with Crippen LogP contribution in [0.15, 0.2) is 82.8 Å². The quantitative estimate of drug-likeness (QED) is 0.0104. The fraction of sp³-hybridized carbons (Fsp3) is 0.486. The number of aliphatic carboxylic acids is 3. The van der Waals surface area contributed by atoms with E-state index < -0.39 is 188 Å². The first kappa shape index (κ1) is 82.5. The highest BCUT2D eigenvalue weighted by Gasteiger charge is 2.55. The van der Waals surface area contributed by atoms with Crippen LogP contribution in [0.5, 0.6) is 23.0 Å². The van der Waals surface area contributed by atoms with Crippen molar-refractivity contribution in [1.29, 1.82) is 0 Å². The Kier molecular flexibility index (Phi) is 27.0. The summed E-state index contributed by atoms with van der Waals surface area (Å²) >= 11 is 5.63. The van der Waals surface area contributed by atoms with Gasteiger partial charge in [0.05, 0.1) is 37.0 Å². The number of rotatable bonds is 33. The van der Waals surface area contributed by atoms with E-state index in [-0.39, 0.29) is 104 Å². The molecule has 6 aliphatic rings. The number of fused-ring (bicyclic) bond motifs is 6. The van der Waals surface area contributed by atoms with Crippen LogP contribution in [0, 0.1) is 0 Å². The minimum absolute atomic E-state index is 0.0217. The summed E-state index contributed by atoms with van der Waals surface area (Å²) in [6.45, 7) is 2.63. The third kappa shape index (κ3) is 19.6. The first-order valence-electron chi connectivity index (χ1n) is 36.8. The number of aromatic hydroxyl groups is 2. The SMILES string of the molecule is C[C@H](NC(=O)[C@@H](NC(=O)[C@@H]1CCCN1C(=O)[C@H](CCC(=O)O)NC(=O)[C@@H]1CCCN1C(=O)CCCCNC(=S)Nc1ccc2c(c1)C1(OC2=O)c2ccc(O)cc2Oc2cc(O)ccc21)[C@@H](C)O)C(=O)N1CCCCC1C(=O)N1C[C@@H](O/N=C\c2ccoc2)C[C@H]1C(=O)N[C@@H](CCC(=O)O)C(=O)N[C@@H](CCC(=O)O)C(N)=O. The van der Waals surface area contributed by atoms with Gasteiger partial charge in [-0.3, -0.25) is 62.3 Å². The Bertz CT molecular complexity index is 4280. The summed E-state index contributed by atoms with van der Waals surface area (Å²) in [5.41, 5.74) is 6.49. The predicted octanol–water partition coefficient (Wildman–Crippen LogP) is 1.00. The topological polar surface area (TPSA) is 537 Å². The molecule has 38 heteroatoms. The van der Waals surface area contributed by atoms with Crippen LogP contribution >= 0.6 is 12.2 Å². The number of nitrogens with one attached hydrogen (secondary N) is 7. The Morgan fingerprint density at radius 2 is 1.23 bits per heavy atom. The summed E-state index contributed by atoms with van der Waals surface area (Å²) in [5.74, 6) is -13.0. The van der Waals surface area contributed by atoms with Gasteiger partial charge in [0.1, 0.15) is 83.5 Å². The summed E-state index contributed by atoms with van der Waals surface area (Å²) in [6, 6.07) is 2.35. The molecule has 15 N–H and O–H groups in total. The fourth-order valence-corrected chi connectivity index (χ4v) is 15.0. The summed E-state index contributed by atoms with van der Waals surface area (Å²) in [5, 5.41) is 83.0. The standard InChI is InChI=1S/C74H89N13O24S/c1-38(69(104)86-27-6-4-9-54(86)71(106)87-36-44(111-77-35-40-25-30-108-37-40)34-55(87)67(102)81-50(20-23-60(94)95)64(99)80-49(63(75)98)19-22-59(92)93)78-68(103)62(39(2)88)83-66(101)53-11-8-29-85(53)70(105)51(21-24-61(96)97)82-65(100)52-10-7-28-84(52)58(91)12-3-5-26-76-73(112)79-41-13-16-45-48(31-41)74(110-72(45)107)46-17-14-42(89)32-56(46)109-57-33-43(90)15-18-47(57)74/h13-18,25,30-33,35,37-39,44,49-55,62,88-90H,3-12,19-24,26-29,34,36H2,1-2H3,(H2,75,98)(H,78,103)(H,80,99)(H,81,102)(H,82,100)(H,83,101)(H,92,93)(H,94,95)(H,96,97)(H2,76,79,112)/b77-35-/t38-,39+,44-,49-,50-,51-,52-,53-,54?,55-,62-/m0/s1. The number of primary amides is 1. The first-order valence-corrected chi connectivity index (χ1v) is 37.2. The molecule has 0 bridgehead atoms. The average molecular weight is 1580 g/mol. The molecule has 112 heavy (non-hydrogen) atoms. The van der Waals surface area contributed by atoms with Gasteiger partial charge in [-0.2, -0.15) is 0 Å². The molecule has 1 aromatic heterocycles. The molecule has 0 radical (unpaired) electrons. The number of phenolic OH excluding ortho intramolecular Hbond substituents is 2. The van der Waals surface area contributed by atoms with E-state index in [1.54, 1.807) is 36.4 Å². The van der Waals surface area contributed by atoms with Crippen LogP contribution in [0.2, 0.25) is 0 Å². The summed E-state index contributed by atoms with van der Waals surface area (Å²) in [7, 11) is 0. The Balaban J connectivity index is 0.727. The van der Waals surface area contributed by atoms with E-state index in [0.717, 1.165) is 9.80 Å². The summed E-state index contributed by atoms with van der Waals surface area (Å²) < 4.78 is 17.3. The van der Waals surface area contributed by atoms with Gasteiger partial charge in [-0.1, -0.05) is 5.16 Å². The van der Waals surface area contributed by atoms with E-state index in [9.17, 15) is 97.8 Å². The van der Waals surface area contributed by atoms with Crippen molar-refractivity contribution in [3.05, 3.63) is 101 Å². The van der Waals surface area contributed by atoms with Crippen molar-refractivity contribution < 1.29 is 116 Å². The molecule has 37 nitrogen and oxygen atoms in total. The number of anilines is 1. The Labute approximate surface area is 645 Å². The van der Waals surface area contributed by atoms with Gasteiger partial charge in [-0.25, -0.2) is 4.79 Å². The van der Waals surface area contributed by atoms with Crippen LogP contribution in [-0.2, 0) is 77.5 Å². The van der Waals surface area contributed by atoms with Crippen molar-refractivity contribution in [2.45, 2.75) is 195 Å². The zero-order valence-electron chi connectivity index (χ0n) is 61.2. The van der Waals surface area contributed by atoms with E-state index in [1.807, 2.05) is 0 Å². The number of benzene rings is 3. The molecule has 6 aliphatic heterocycles. The third-order valence-corrected chi connectivity index (χ3v) is 20.6. The lowest BCUT2D eigenvalue weighted by Crippen LogP contribution is -2.62. The summed E-state index contributed by atoms with van der Waals surface area (Å²) in [4.78, 5) is 200. The number of thiocarbonyl (C=S) groups is 1. The number of aliphatic hydroxyl groups excluding tert-OH is 1. The van der Waals surface area contributed by atoms with E-state index >= 15 is 0 Å². The number of carbonyl (C=O) groups is 14. The highest BCUT2D eigenvalue weighted by atomic mass is 32.1. The molecule has 10 amide bonds. The number of nitrogens with zero attached hydrogens (tertiary/aromatic N) is 5. The molecule has 4 saturated heterocycles. The summed E-state index contributed by atoms with van der Waals surface area (Å²) in [6.07, 6.45) is 0.521. The number of unbranched alkanes of at least 4 members (excludes halogenated alkanes) is 1. The monoisotopic (exact) mass is 1580 g/mol. The lowest BCUT2D eigenvalue weighted by atomic mass is 9.77. The van der Waals surface area contributed by atoms with Gasteiger partial charge in [0, 0.05) is 98.4 Å². The minimum atomic E-state index is -1.77. The van der Waals surface area contributed by atoms with Gasteiger partial charge in [0.15, 0.2) is 10.7 Å². The van der Waals surface area contributed by atoms with Gasteiger partial charge in [-0.05, 0) is 152 Å². The molecule has 1 spiro atoms. The first-order chi connectivity index (χ1) is 53.4. The maximum absolute atomic E-state index is 14.9. The van der Waals surface area contributed by atoms with E-state index in [2.05, 4.69) is 42.4 Å². The van der Waals surface area contributed by atoms with Crippen LogP contribution in [0.4, 0.5) is 5.69 Å². The molecule has 1 unspecified atom stereocenters. The van der Waals surface area contributed by atoms with Gasteiger partial charge in [0.2, 0.25) is 59.1 Å². The zero-order valence-corrected chi connectivity index (χ0v) is 62.0. The average Bonchev–Trinajstić information content (AvgIpc) is 1.50. The van der Waals surface area contributed by atoms with Crippen molar-refractivity contribution in [3.8, 4) is 23.0 Å². The van der Waals surface area contributed by atoms with Gasteiger partial charge in [-0.15, -0.1) is 0 Å². The number of hydrogen-bond donors (Lipinski definition) is 14. The molecule has 4 fully saturated rings. The number of furan rings is 1. The van der Waals surface area contributed by atoms with Crippen molar-refractivity contribution >= 4 is 112 Å². The largest absolute Gasteiger partial charge is 0.508 e. The van der Waals surface area contributed by atoms with E-state index in [1.165, 1.54) is 66.7 Å². The molecule has 10 rings (SSSR count).